The standard InChI is InChI=1S/C25H28N4O3/c1-28(27)24-22(25(30)31)14-21(15-23(24)26)20-8-6-19(7-9-20)18-4-2-17(3-5-18)16-29-10-12-32-13-11-29/h2-9,14-15H,10-13,16,26-27H2,1H3,(H,30,31). The molecule has 166 valence electrons. The summed E-state index contributed by atoms with van der Waals surface area (Å²) >= 11 is 0. The number of hydrogen-bond acceptors (Lipinski definition) is 6. The van der Waals surface area contributed by atoms with Crippen LogP contribution in [0.15, 0.2) is 60.7 Å². The van der Waals surface area contributed by atoms with Crippen molar-refractivity contribution in [2.75, 3.05) is 44.1 Å². The van der Waals surface area contributed by atoms with Crippen LogP contribution in [0.1, 0.15) is 15.9 Å². The zero-order valence-electron chi connectivity index (χ0n) is 18.1. The predicted octanol–water partition coefficient (Wildman–Crippen LogP) is 3.44. The smallest absolute Gasteiger partial charge is 0.337 e. The Balaban J connectivity index is 1.54. The van der Waals surface area contributed by atoms with Crippen molar-refractivity contribution in [2.24, 2.45) is 5.84 Å². The molecule has 1 heterocycles. The van der Waals surface area contributed by atoms with Crippen LogP contribution in [0.5, 0.6) is 0 Å². The number of hydrazine groups is 1. The van der Waals surface area contributed by atoms with Crippen LogP contribution in [0.25, 0.3) is 22.3 Å². The lowest BCUT2D eigenvalue weighted by Crippen LogP contribution is -2.35. The molecular formula is C25H28N4O3. The highest BCUT2D eigenvalue weighted by Crippen LogP contribution is 2.33. The van der Waals surface area contributed by atoms with Crippen LogP contribution >= 0.6 is 0 Å². The van der Waals surface area contributed by atoms with E-state index in [4.69, 9.17) is 16.3 Å². The van der Waals surface area contributed by atoms with E-state index in [9.17, 15) is 9.90 Å². The molecule has 0 amide bonds. The van der Waals surface area contributed by atoms with E-state index >= 15 is 0 Å². The summed E-state index contributed by atoms with van der Waals surface area (Å²) in [5, 5.41) is 10.8. The number of ether oxygens (including phenoxy) is 1. The molecule has 0 aliphatic carbocycles. The molecule has 0 aromatic heterocycles. The second-order valence-electron chi connectivity index (χ2n) is 8.04. The van der Waals surface area contributed by atoms with Crippen LogP contribution in [-0.4, -0.2) is 49.3 Å². The van der Waals surface area contributed by atoms with E-state index in [0.29, 0.717) is 11.4 Å². The molecule has 0 bridgehead atoms. The number of morpholine rings is 1. The van der Waals surface area contributed by atoms with Gasteiger partial charge < -0.3 is 20.6 Å². The number of nitrogen functional groups attached to an aromatic ring is 1. The number of carboxylic acid groups (broad SMARTS) is 1. The van der Waals surface area contributed by atoms with Crippen molar-refractivity contribution < 1.29 is 14.6 Å². The highest BCUT2D eigenvalue weighted by molar-refractivity contribution is 6.00. The van der Waals surface area contributed by atoms with Gasteiger partial charge in [-0.3, -0.25) is 4.90 Å². The summed E-state index contributed by atoms with van der Waals surface area (Å²) in [5.41, 5.74) is 11.9. The van der Waals surface area contributed by atoms with Crippen LogP contribution in [0.4, 0.5) is 11.4 Å². The molecular weight excluding hydrogens is 404 g/mol. The Kier molecular flexibility index (Phi) is 6.41. The Morgan fingerprint density at radius 1 is 0.969 bits per heavy atom. The topological polar surface area (TPSA) is 105 Å². The summed E-state index contributed by atoms with van der Waals surface area (Å²) < 4.78 is 5.41. The lowest BCUT2D eigenvalue weighted by atomic mass is 9.97. The minimum absolute atomic E-state index is 0.0740. The van der Waals surface area contributed by atoms with Gasteiger partial charge in [-0.25, -0.2) is 10.6 Å². The van der Waals surface area contributed by atoms with Crippen molar-refractivity contribution in [3.8, 4) is 22.3 Å². The molecule has 1 aliphatic heterocycles. The summed E-state index contributed by atoms with van der Waals surface area (Å²) in [4.78, 5) is 14.1. The van der Waals surface area contributed by atoms with E-state index < -0.39 is 5.97 Å². The summed E-state index contributed by atoms with van der Waals surface area (Å²) in [5.74, 6) is 4.70. The highest BCUT2D eigenvalue weighted by atomic mass is 16.5. The first-order valence-corrected chi connectivity index (χ1v) is 10.6. The van der Waals surface area contributed by atoms with Gasteiger partial charge in [0.25, 0.3) is 0 Å². The predicted molar refractivity (Wildman–Crippen MR) is 127 cm³/mol. The lowest BCUT2D eigenvalue weighted by Gasteiger charge is -2.26. The molecule has 1 saturated heterocycles. The first-order chi connectivity index (χ1) is 15.4. The van der Waals surface area contributed by atoms with E-state index in [2.05, 4.69) is 29.2 Å². The molecule has 5 N–H and O–H groups in total. The number of rotatable bonds is 6. The number of anilines is 2. The van der Waals surface area contributed by atoms with Crippen molar-refractivity contribution in [2.45, 2.75) is 6.54 Å². The van der Waals surface area contributed by atoms with Gasteiger partial charge in [0, 0.05) is 26.7 Å². The van der Waals surface area contributed by atoms with E-state index in [0.717, 1.165) is 55.1 Å². The zero-order valence-corrected chi connectivity index (χ0v) is 18.1. The molecule has 7 heteroatoms. The summed E-state index contributed by atoms with van der Waals surface area (Å²) in [7, 11) is 1.57. The molecule has 0 radical (unpaired) electrons. The molecule has 1 fully saturated rings. The van der Waals surface area contributed by atoms with Crippen molar-refractivity contribution in [3.05, 3.63) is 71.8 Å². The first-order valence-electron chi connectivity index (χ1n) is 10.6. The number of aromatic carboxylic acids is 1. The number of carbonyl (C=O) groups is 1. The Hall–Kier alpha value is -3.39. The molecule has 3 aromatic rings. The van der Waals surface area contributed by atoms with Crippen LogP contribution in [0.2, 0.25) is 0 Å². The van der Waals surface area contributed by atoms with Gasteiger partial charge >= 0.3 is 5.97 Å². The Morgan fingerprint density at radius 2 is 1.50 bits per heavy atom. The van der Waals surface area contributed by atoms with Crippen LogP contribution in [-0.2, 0) is 11.3 Å². The fourth-order valence-electron chi connectivity index (χ4n) is 4.06. The Labute approximate surface area is 187 Å². The molecule has 1 aliphatic rings. The SMILES string of the molecule is CN(N)c1c(N)cc(-c2ccc(-c3ccc(CN4CCOCC4)cc3)cc2)cc1C(=O)O. The van der Waals surface area contributed by atoms with Crippen LogP contribution in [0.3, 0.4) is 0 Å². The third-order valence-corrected chi connectivity index (χ3v) is 5.74. The molecule has 0 spiro atoms. The second-order valence-corrected chi connectivity index (χ2v) is 8.04. The third-order valence-electron chi connectivity index (χ3n) is 5.74. The molecule has 4 rings (SSSR count). The Morgan fingerprint density at radius 3 is 2.03 bits per heavy atom. The molecule has 0 unspecified atom stereocenters. The maximum Gasteiger partial charge on any atom is 0.337 e. The van der Waals surface area contributed by atoms with Gasteiger partial charge in [-0.1, -0.05) is 48.5 Å². The summed E-state index contributed by atoms with van der Waals surface area (Å²) in [6, 6.07) is 20.0. The van der Waals surface area contributed by atoms with Gasteiger partial charge in [-0.05, 0) is 39.9 Å². The van der Waals surface area contributed by atoms with Gasteiger partial charge in [-0.15, -0.1) is 0 Å². The highest BCUT2D eigenvalue weighted by Gasteiger charge is 2.17. The molecule has 7 nitrogen and oxygen atoms in total. The second kappa shape index (κ2) is 9.40. The Bertz CT molecular complexity index is 1090. The van der Waals surface area contributed by atoms with Crippen LogP contribution in [0, 0.1) is 0 Å². The number of benzene rings is 3. The van der Waals surface area contributed by atoms with Gasteiger partial charge in [0.05, 0.1) is 30.2 Å². The van der Waals surface area contributed by atoms with E-state index in [1.807, 2.05) is 24.3 Å². The average molecular weight is 433 g/mol. The minimum atomic E-state index is -1.07. The average Bonchev–Trinajstić information content (AvgIpc) is 2.79. The molecule has 32 heavy (non-hydrogen) atoms. The lowest BCUT2D eigenvalue weighted by molar-refractivity contribution is 0.0342. The van der Waals surface area contributed by atoms with E-state index in [1.54, 1.807) is 19.2 Å². The monoisotopic (exact) mass is 432 g/mol. The molecule has 0 atom stereocenters. The fraction of sp³-hybridized carbons (Fsp3) is 0.240. The largest absolute Gasteiger partial charge is 0.478 e. The minimum Gasteiger partial charge on any atom is -0.478 e. The molecule has 3 aromatic carbocycles. The number of nitrogens with zero attached hydrogens (tertiary/aromatic N) is 2. The van der Waals surface area contributed by atoms with Gasteiger partial charge in [0.1, 0.15) is 0 Å². The third kappa shape index (κ3) is 4.75. The number of nitrogens with two attached hydrogens (primary N) is 2. The van der Waals surface area contributed by atoms with E-state index in [1.165, 1.54) is 10.6 Å². The van der Waals surface area contributed by atoms with Gasteiger partial charge in [0.15, 0.2) is 0 Å². The zero-order chi connectivity index (χ0) is 22.7. The van der Waals surface area contributed by atoms with Crippen molar-refractivity contribution in [3.63, 3.8) is 0 Å². The van der Waals surface area contributed by atoms with Crippen LogP contribution < -0.4 is 16.6 Å². The van der Waals surface area contributed by atoms with Crippen molar-refractivity contribution in [1.82, 2.24) is 4.90 Å². The summed E-state index contributed by atoms with van der Waals surface area (Å²) in [6.07, 6.45) is 0. The fourth-order valence-corrected chi connectivity index (χ4v) is 4.06. The van der Waals surface area contributed by atoms with Gasteiger partial charge in [-0.2, -0.15) is 0 Å². The molecule has 0 saturated carbocycles. The number of carboxylic acids is 1. The van der Waals surface area contributed by atoms with Gasteiger partial charge in [0.2, 0.25) is 0 Å². The normalized spacial score (nSPS) is 14.3. The van der Waals surface area contributed by atoms with Crippen molar-refractivity contribution >= 4 is 17.3 Å². The number of hydrogen-bond donors (Lipinski definition) is 3. The first kappa shape index (κ1) is 21.8. The van der Waals surface area contributed by atoms with E-state index in [-0.39, 0.29) is 5.56 Å². The van der Waals surface area contributed by atoms with Crippen molar-refractivity contribution in [1.29, 1.82) is 0 Å². The summed E-state index contributed by atoms with van der Waals surface area (Å²) in [6.45, 7) is 4.48. The maximum atomic E-state index is 11.7. The maximum absolute atomic E-state index is 11.7. The quantitative estimate of drug-likeness (QED) is 0.311.